The van der Waals surface area contributed by atoms with Crippen molar-refractivity contribution in [3.63, 3.8) is 0 Å². The Morgan fingerprint density at radius 3 is 2.39 bits per heavy atom. The molecular weight excluding hydrogens is 228 g/mol. The Kier molecular flexibility index (Phi) is 3.65. The van der Waals surface area contributed by atoms with Crippen molar-refractivity contribution in [3.05, 3.63) is 65.7 Å². The Labute approximate surface area is 106 Å². The van der Waals surface area contributed by atoms with Crippen LogP contribution in [0, 0.1) is 0 Å². The van der Waals surface area contributed by atoms with Gasteiger partial charge in [-0.25, -0.2) is 0 Å². The lowest BCUT2D eigenvalue weighted by Gasteiger charge is -2.30. The molecule has 1 aliphatic rings. The topological polar surface area (TPSA) is 61.0 Å². The molecule has 0 aliphatic carbocycles. The van der Waals surface area contributed by atoms with Gasteiger partial charge in [-0.1, -0.05) is 48.5 Å². The summed E-state index contributed by atoms with van der Waals surface area (Å²) in [6.07, 6.45) is -0.0890. The highest BCUT2D eigenvalue weighted by atomic mass is 16.5. The molecule has 0 amide bonds. The molecule has 3 nitrogen and oxygen atoms in total. The van der Waals surface area contributed by atoms with Crippen LogP contribution >= 0.6 is 0 Å². The minimum absolute atomic E-state index is 0. The zero-order valence-electron chi connectivity index (χ0n) is 9.91. The van der Waals surface area contributed by atoms with Gasteiger partial charge in [0.15, 0.2) is 0 Å². The smallest absolute Gasteiger partial charge is 0.150 e. The fraction of sp³-hybridized carbons (Fsp3) is 0.200. The van der Waals surface area contributed by atoms with Crippen LogP contribution in [0.25, 0.3) is 0 Å². The van der Waals surface area contributed by atoms with Crippen molar-refractivity contribution in [1.82, 2.24) is 0 Å². The average Bonchev–Trinajstić information content (AvgIpc) is 2.39. The normalized spacial score (nSPS) is 21.4. The molecule has 0 bridgehead atoms. The molecular formula is C15H16O3. The van der Waals surface area contributed by atoms with Crippen LogP contribution in [0.3, 0.4) is 0 Å². The molecule has 1 heterocycles. The van der Waals surface area contributed by atoms with E-state index < -0.39 is 6.10 Å². The second-order valence-electron chi connectivity index (χ2n) is 4.33. The molecule has 0 saturated carbocycles. The first kappa shape index (κ1) is 12.6. The minimum atomic E-state index is -0.479. The number of aliphatic hydroxyl groups excluding tert-OH is 1. The van der Waals surface area contributed by atoms with Gasteiger partial charge in [0.25, 0.3) is 0 Å². The van der Waals surface area contributed by atoms with Crippen LogP contribution in [0.1, 0.15) is 17.2 Å². The minimum Gasteiger partial charge on any atom is -0.483 e. The zero-order chi connectivity index (χ0) is 11.7. The molecule has 0 radical (unpaired) electrons. The summed E-state index contributed by atoms with van der Waals surface area (Å²) in [6.45, 7) is 0. The van der Waals surface area contributed by atoms with Crippen LogP contribution in [-0.2, 0) is 6.42 Å². The Hall–Kier alpha value is -1.84. The van der Waals surface area contributed by atoms with Crippen molar-refractivity contribution >= 4 is 0 Å². The van der Waals surface area contributed by atoms with Crippen molar-refractivity contribution in [2.45, 2.75) is 18.6 Å². The van der Waals surface area contributed by atoms with E-state index >= 15 is 0 Å². The van der Waals surface area contributed by atoms with Crippen LogP contribution < -0.4 is 4.74 Å². The van der Waals surface area contributed by atoms with Gasteiger partial charge in [0.2, 0.25) is 0 Å². The number of benzene rings is 2. The van der Waals surface area contributed by atoms with E-state index in [9.17, 15) is 5.11 Å². The van der Waals surface area contributed by atoms with Crippen molar-refractivity contribution < 1.29 is 15.3 Å². The molecule has 94 valence electrons. The van der Waals surface area contributed by atoms with Crippen molar-refractivity contribution in [1.29, 1.82) is 0 Å². The number of rotatable bonds is 1. The van der Waals surface area contributed by atoms with E-state index in [1.807, 2.05) is 54.6 Å². The monoisotopic (exact) mass is 244 g/mol. The summed E-state index contributed by atoms with van der Waals surface area (Å²) in [7, 11) is 0. The van der Waals surface area contributed by atoms with Crippen LogP contribution in [-0.4, -0.2) is 16.7 Å². The van der Waals surface area contributed by atoms with Gasteiger partial charge in [-0.3, -0.25) is 0 Å². The van der Waals surface area contributed by atoms with Crippen LogP contribution in [0.2, 0.25) is 0 Å². The largest absolute Gasteiger partial charge is 0.483 e. The number of hydrogen-bond acceptors (Lipinski definition) is 2. The zero-order valence-corrected chi connectivity index (χ0v) is 9.91. The van der Waals surface area contributed by atoms with Gasteiger partial charge < -0.3 is 15.3 Å². The summed E-state index contributed by atoms with van der Waals surface area (Å²) in [5.41, 5.74) is 2.10. The highest BCUT2D eigenvalue weighted by molar-refractivity contribution is 5.37. The number of ether oxygens (including phenoxy) is 1. The highest BCUT2D eigenvalue weighted by Crippen LogP contribution is 2.34. The SMILES string of the molecule is O.OC1Cc2ccccc2OC1c1ccccc1. The lowest BCUT2D eigenvalue weighted by molar-refractivity contribution is 0.0208. The van der Waals surface area contributed by atoms with Crippen LogP contribution in [0.5, 0.6) is 5.75 Å². The Bertz CT molecular complexity index is 510. The molecule has 0 fully saturated rings. The Morgan fingerprint density at radius 1 is 0.944 bits per heavy atom. The molecule has 3 heteroatoms. The standard InChI is InChI=1S/C15H14O2.H2O/c16-13-10-12-8-4-5-9-14(12)17-15(13)11-6-2-1-3-7-11;/h1-9,13,15-16H,10H2;1H2. The second-order valence-corrected chi connectivity index (χ2v) is 4.33. The number of fused-ring (bicyclic) bond motifs is 1. The lowest BCUT2D eigenvalue weighted by atomic mass is 9.95. The number of aliphatic hydroxyl groups is 1. The lowest BCUT2D eigenvalue weighted by Crippen LogP contribution is -2.30. The maximum absolute atomic E-state index is 10.1. The molecule has 2 aromatic rings. The van der Waals surface area contributed by atoms with E-state index in [-0.39, 0.29) is 11.6 Å². The third kappa shape index (κ3) is 2.23. The second kappa shape index (κ2) is 5.21. The molecule has 2 aromatic carbocycles. The quantitative estimate of drug-likeness (QED) is 0.832. The molecule has 2 atom stereocenters. The third-order valence-electron chi connectivity index (χ3n) is 3.13. The van der Waals surface area contributed by atoms with E-state index in [2.05, 4.69) is 0 Å². The first-order valence-corrected chi connectivity index (χ1v) is 5.82. The summed E-state index contributed by atoms with van der Waals surface area (Å²) in [5, 5.41) is 10.1. The molecule has 0 saturated heterocycles. The molecule has 18 heavy (non-hydrogen) atoms. The van der Waals surface area contributed by atoms with Crippen molar-refractivity contribution in [3.8, 4) is 5.75 Å². The predicted molar refractivity (Wildman–Crippen MR) is 69.6 cm³/mol. The Balaban J connectivity index is 0.00000120. The fourth-order valence-corrected chi connectivity index (χ4v) is 2.27. The maximum Gasteiger partial charge on any atom is 0.150 e. The summed E-state index contributed by atoms with van der Waals surface area (Å²) >= 11 is 0. The molecule has 0 spiro atoms. The van der Waals surface area contributed by atoms with E-state index in [4.69, 9.17) is 4.74 Å². The summed E-state index contributed by atoms with van der Waals surface area (Å²) < 4.78 is 5.88. The van der Waals surface area contributed by atoms with Gasteiger partial charge in [-0.05, 0) is 17.2 Å². The summed E-state index contributed by atoms with van der Waals surface area (Å²) in [4.78, 5) is 0. The molecule has 0 aromatic heterocycles. The van der Waals surface area contributed by atoms with Gasteiger partial charge in [0.05, 0.1) is 6.10 Å². The number of para-hydroxylation sites is 1. The molecule has 3 rings (SSSR count). The molecule has 3 N–H and O–H groups in total. The van der Waals surface area contributed by atoms with E-state index in [0.717, 1.165) is 16.9 Å². The fourth-order valence-electron chi connectivity index (χ4n) is 2.27. The van der Waals surface area contributed by atoms with Gasteiger partial charge in [0.1, 0.15) is 11.9 Å². The van der Waals surface area contributed by atoms with Gasteiger partial charge in [-0.15, -0.1) is 0 Å². The van der Waals surface area contributed by atoms with Crippen molar-refractivity contribution in [2.24, 2.45) is 0 Å². The van der Waals surface area contributed by atoms with Gasteiger partial charge >= 0.3 is 0 Å². The number of hydrogen-bond donors (Lipinski definition) is 1. The molecule has 2 unspecified atom stereocenters. The highest BCUT2D eigenvalue weighted by Gasteiger charge is 2.29. The first-order chi connectivity index (χ1) is 8.34. The third-order valence-corrected chi connectivity index (χ3v) is 3.13. The molecule has 1 aliphatic heterocycles. The van der Waals surface area contributed by atoms with Gasteiger partial charge in [-0.2, -0.15) is 0 Å². The average molecular weight is 244 g/mol. The van der Waals surface area contributed by atoms with E-state index in [1.165, 1.54) is 0 Å². The van der Waals surface area contributed by atoms with Crippen LogP contribution in [0.4, 0.5) is 0 Å². The van der Waals surface area contributed by atoms with E-state index in [0.29, 0.717) is 6.42 Å². The van der Waals surface area contributed by atoms with Crippen LogP contribution in [0.15, 0.2) is 54.6 Å². The Morgan fingerprint density at radius 2 is 1.61 bits per heavy atom. The van der Waals surface area contributed by atoms with Gasteiger partial charge in [0, 0.05) is 6.42 Å². The van der Waals surface area contributed by atoms with Crippen molar-refractivity contribution in [2.75, 3.05) is 0 Å². The predicted octanol–water partition coefficient (Wildman–Crippen LogP) is 1.90. The first-order valence-electron chi connectivity index (χ1n) is 5.82. The maximum atomic E-state index is 10.1. The summed E-state index contributed by atoms with van der Waals surface area (Å²) in [6, 6.07) is 17.8. The summed E-state index contributed by atoms with van der Waals surface area (Å²) in [5.74, 6) is 0.881. The van der Waals surface area contributed by atoms with E-state index in [1.54, 1.807) is 0 Å².